The van der Waals surface area contributed by atoms with E-state index in [0.29, 0.717) is 31.6 Å². The molecule has 0 spiro atoms. The third-order valence-electron chi connectivity index (χ3n) is 4.56. The first-order valence-electron chi connectivity index (χ1n) is 9.12. The smallest absolute Gasteiger partial charge is 0.254 e. The Balaban J connectivity index is 1.76. The fourth-order valence-corrected chi connectivity index (χ4v) is 5.19. The molecule has 1 saturated heterocycles. The maximum Gasteiger partial charge on any atom is 0.254 e. The SMILES string of the molecule is O=C1CCN(S(=O)(=O)c2ccccc2)CCCN(C(=O)c2ccsc2)CCN1. The van der Waals surface area contributed by atoms with Crippen LogP contribution in [0, 0.1) is 0 Å². The standard InChI is InChI=1S/C19H23N3O4S2/c23-18-7-12-22(28(25,26)17-5-2-1-3-6-17)11-4-10-21(13-9-20-18)19(24)16-8-14-27-15-16/h1-3,5-6,8,14-15H,4,7,9-13H2,(H,20,23). The van der Waals surface area contributed by atoms with Gasteiger partial charge in [0.15, 0.2) is 0 Å². The minimum Gasteiger partial charge on any atom is -0.354 e. The van der Waals surface area contributed by atoms with Crippen LogP contribution in [-0.4, -0.2) is 62.2 Å². The maximum atomic E-state index is 13.0. The van der Waals surface area contributed by atoms with Crippen molar-refractivity contribution in [3.8, 4) is 0 Å². The quantitative estimate of drug-likeness (QED) is 0.819. The van der Waals surface area contributed by atoms with Crippen LogP contribution in [0.1, 0.15) is 23.2 Å². The van der Waals surface area contributed by atoms with Crippen LogP contribution >= 0.6 is 11.3 Å². The number of rotatable bonds is 3. The average molecular weight is 422 g/mol. The number of nitrogens with zero attached hydrogens (tertiary/aromatic N) is 2. The Labute approximate surface area is 169 Å². The van der Waals surface area contributed by atoms with E-state index in [4.69, 9.17) is 0 Å². The van der Waals surface area contributed by atoms with Gasteiger partial charge in [-0.3, -0.25) is 9.59 Å². The number of amides is 2. The first kappa shape index (κ1) is 20.5. The second kappa shape index (κ2) is 9.31. The number of sulfonamides is 1. The Morgan fingerprint density at radius 2 is 1.82 bits per heavy atom. The minimum absolute atomic E-state index is 0.0878. The molecule has 0 aliphatic carbocycles. The van der Waals surface area contributed by atoms with Gasteiger partial charge in [0, 0.05) is 44.5 Å². The molecular weight excluding hydrogens is 398 g/mol. The highest BCUT2D eigenvalue weighted by Crippen LogP contribution is 2.17. The molecule has 1 aromatic heterocycles. The molecule has 7 nitrogen and oxygen atoms in total. The zero-order chi connectivity index (χ0) is 20.0. The van der Waals surface area contributed by atoms with E-state index in [9.17, 15) is 18.0 Å². The zero-order valence-electron chi connectivity index (χ0n) is 15.4. The van der Waals surface area contributed by atoms with Crippen LogP contribution in [-0.2, 0) is 14.8 Å². The van der Waals surface area contributed by atoms with Crippen LogP contribution in [0.5, 0.6) is 0 Å². The summed E-state index contributed by atoms with van der Waals surface area (Å²) in [7, 11) is -3.69. The van der Waals surface area contributed by atoms with Crippen LogP contribution in [0.4, 0.5) is 0 Å². The van der Waals surface area contributed by atoms with Gasteiger partial charge in [-0.2, -0.15) is 15.6 Å². The van der Waals surface area contributed by atoms with Crippen molar-refractivity contribution in [1.82, 2.24) is 14.5 Å². The van der Waals surface area contributed by atoms with Crippen molar-refractivity contribution in [2.75, 3.05) is 32.7 Å². The number of thiophene rings is 1. The summed E-state index contributed by atoms with van der Waals surface area (Å²) in [4.78, 5) is 26.6. The van der Waals surface area contributed by atoms with E-state index in [2.05, 4.69) is 5.32 Å². The summed E-state index contributed by atoms with van der Waals surface area (Å²) in [5.41, 5.74) is 0.611. The van der Waals surface area contributed by atoms with Gasteiger partial charge in [0.25, 0.3) is 5.91 Å². The molecule has 1 N–H and O–H groups in total. The van der Waals surface area contributed by atoms with Crippen molar-refractivity contribution in [3.63, 3.8) is 0 Å². The second-order valence-electron chi connectivity index (χ2n) is 6.47. The van der Waals surface area contributed by atoms with Crippen LogP contribution < -0.4 is 5.32 Å². The first-order chi connectivity index (χ1) is 13.5. The zero-order valence-corrected chi connectivity index (χ0v) is 17.0. The number of hydrogen-bond donors (Lipinski definition) is 1. The molecule has 0 unspecified atom stereocenters. The van der Waals surface area contributed by atoms with Gasteiger partial charge in [-0.15, -0.1) is 0 Å². The molecule has 0 saturated carbocycles. The van der Waals surface area contributed by atoms with Gasteiger partial charge in [0.2, 0.25) is 15.9 Å². The van der Waals surface area contributed by atoms with Crippen LogP contribution in [0.2, 0.25) is 0 Å². The van der Waals surface area contributed by atoms with Crippen molar-refractivity contribution in [2.45, 2.75) is 17.7 Å². The molecule has 2 heterocycles. The summed E-state index contributed by atoms with van der Waals surface area (Å²) in [5.74, 6) is -0.328. The Hall–Kier alpha value is -2.23. The van der Waals surface area contributed by atoms with Crippen molar-refractivity contribution in [2.24, 2.45) is 0 Å². The summed E-state index contributed by atoms with van der Waals surface area (Å²) in [5, 5.41) is 6.40. The van der Waals surface area contributed by atoms with Gasteiger partial charge in [-0.05, 0) is 30.0 Å². The van der Waals surface area contributed by atoms with E-state index in [1.807, 2.05) is 5.38 Å². The molecule has 28 heavy (non-hydrogen) atoms. The maximum absolute atomic E-state index is 13.0. The molecule has 1 fully saturated rings. The minimum atomic E-state index is -3.69. The van der Waals surface area contributed by atoms with E-state index in [-0.39, 0.29) is 36.2 Å². The van der Waals surface area contributed by atoms with Gasteiger partial charge >= 0.3 is 0 Å². The molecule has 0 atom stereocenters. The second-order valence-corrected chi connectivity index (χ2v) is 9.19. The third kappa shape index (κ3) is 4.98. The molecule has 0 bridgehead atoms. The average Bonchev–Trinajstić information content (AvgIpc) is 3.22. The summed E-state index contributed by atoms with van der Waals surface area (Å²) in [6.45, 7) is 1.52. The predicted molar refractivity (Wildman–Crippen MR) is 108 cm³/mol. The number of benzene rings is 1. The lowest BCUT2D eigenvalue weighted by molar-refractivity contribution is -0.121. The largest absolute Gasteiger partial charge is 0.354 e. The molecular formula is C19H23N3O4S2. The topological polar surface area (TPSA) is 86.8 Å². The van der Waals surface area contributed by atoms with E-state index >= 15 is 0 Å². The molecule has 1 aliphatic heterocycles. The normalized spacial score (nSPS) is 17.6. The molecule has 3 rings (SSSR count). The summed E-state index contributed by atoms with van der Waals surface area (Å²) in [6.07, 6.45) is 0.584. The highest BCUT2D eigenvalue weighted by Gasteiger charge is 2.26. The Morgan fingerprint density at radius 3 is 2.54 bits per heavy atom. The van der Waals surface area contributed by atoms with Crippen LogP contribution in [0.3, 0.4) is 0 Å². The van der Waals surface area contributed by atoms with E-state index < -0.39 is 10.0 Å². The Kier molecular flexibility index (Phi) is 6.82. The highest BCUT2D eigenvalue weighted by atomic mass is 32.2. The summed E-state index contributed by atoms with van der Waals surface area (Å²) < 4.78 is 27.3. The van der Waals surface area contributed by atoms with Gasteiger partial charge < -0.3 is 10.2 Å². The monoisotopic (exact) mass is 421 g/mol. The molecule has 9 heteroatoms. The third-order valence-corrected chi connectivity index (χ3v) is 7.16. The molecule has 0 radical (unpaired) electrons. The van der Waals surface area contributed by atoms with Gasteiger partial charge in [-0.1, -0.05) is 18.2 Å². The van der Waals surface area contributed by atoms with Gasteiger partial charge in [-0.25, -0.2) is 8.42 Å². The number of carbonyl (C=O) groups is 2. The molecule has 150 valence electrons. The van der Waals surface area contributed by atoms with Crippen molar-refractivity contribution < 1.29 is 18.0 Å². The lowest BCUT2D eigenvalue weighted by Crippen LogP contribution is -2.39. The molecule has 2 aromatic rings. The van der Waals surface area contributed by atoms with Crippen LogP contribution in [0.25, 0.3) is 0 Å². The van der Waals surface area contributed by atoms with E-state index in [1.54, 1.807) is 46.7 Å². The lowest BCUT2D eigenvalue weighted by Gasteiger charge is -2.24. The number of carbonyl (C=O) groups excluding carboxylic acids is 2. The Morgan fingerprint density at radius 1 is 1.04 bits per heavy atom. The molecule has 1 aliphatic rings. The van der Waals surface area contributed by atoms with Crippen molar-refractivity contribution >= 4 is 33.2 Å². The van der Waals surface area contributed by atoms with Gasteiger partial charge in [0.05, 0.1) is 10.5 Å². The van der Waals surface area contributed by atoms with Crippen molar-refractivity contribution in [1.29, 1.82) is 0 Å². The van der Waals surface area contributed by atoms with E-state index in [1.165, 1.54) is 15.6 Å². The fraction of sp³-hybridized carbons (Fsp3) is 0.368. The fourth-order valence-electron chi connectivity index (χ4n) is 3.06. The summed E-state index contributed by atoms with van der Waals surface area (Å²) >= 11 is 1.45. The Bertz CT molecular complexity index is 899. The van der Waals surface area contributed by atoms with Crippen LogP contribution in [0.15, 0.2) is 52.1 Å². The summed E-state index contributed by atoms with van der Waals surface area (Å²) in [6, 6.07) is 9.97. The molecule has 2 amide bonds. The highest BCUT2D eigenvalue weighted by molar-refractivity contribution is 7.89. The number of nitrogens with one attached hydrogen (secondary N) is 1. The van der Waals surface area contributed by atoms with E-state index in [0.717, 1.165) is 0 Å². The lowest BCUT2D eigenvalue weighted by atomic mass is 10.2. The predicted octanol–water partition coefficient (Wildman–Crippen LogP) is 1.79. The van der Waals surface area contributed by atoms with Gasteiger partial charge in [0.1, 0.15) is 0 Å². The number of hydrogen-bond acceptors (Lipinski definition) is 5. The first-order valence-corrected chi connectivity index (χ1v) is 11.5. The van der Waals surface area contributed by atoms with Crippen molar-refractivity contribution in [3.05, 3.63) is 52.7 Å². The molecule has 1 aromatic carbocycles.